The van der Waals surface area contributed by atoms with E-state index in [4.69, 9.17) is 14.5 Å². The van der Waals surface area contributed by atoms with Gasteiger partial charge in [-0.3, -0.25) is 0 Å². The largest absolute Gasteiger partial charge is 0.436 e. The van der Waals surface area contributed by atoms with Gasteiger partial charge >= 0.3 is 0 Å². The number of nitrogens with zero attached hydrogens (tertiary/aromatic N) is 7. The molecule has 47 heavy (non-hydrogen) atoms. The Hall–Kier alpha value is -5.90. The van der Waals surface area contributed by atoms with Gasteiger partial charge in [0.15, 0.2) is 11.3 Å². The van der Waals surface area contributed by atoms with Gasteiger partial charge in [-0.05, 0) is 64.2 Å². The molecule has 10 heteroatoms. The summed E-state index contributed by atoms with van der Waals surface area (Å²) in [6.07, 6.45) is 5.78. The van der Waals surface area contributed by atoms with Crippen LogP contribution >= 0.6 is 0 Å². The van der Waals surface area contributed by atoms with Crippen molar-refractivity contribution in [3.63, 3.8) is 0 Å². The van der Waals surface area contributed by atoms with E-state index in [-0.39, 0.29) is 0 Å². The van der Waals surface area contributed by atoms with Gasteiger partial charge in [0.2, 0.25) is 0 Å². The molecule has 232 valence electrons. The third-order valence-electron chi connectivity index (χ3n) is 8.65. The highest BCUT2D eigenvalue weighted by Crippen LogP contribution is 2.40. The number of tetrazole rings is 1. The smallest absolute Gasteiger partial charge is 0.267 e. The summed E-state index contributed by atoms with van der Waals surface area (Å²) in [5, 5.41) is 23.6. The van der Waals surface area contributed by atoms with Crippen molar-refractivity contribution in [2.24, 2.45) is 0 Å². The number of benzene rings is 4. The molecule has 8 rings (SSSR count). The van der Waals surface area contributed by atoms with Crippen molar-refractivity contribution in [2.75, 3.05) is 0 Å². The molecule has 0 aliphatic heterocycles. The minimum Gasteiger partial charge on any atom is -0.436 e. The van der Waals surface area contributed by atoms with Crippen molar-refractivity contribution < 1.29 is 9.47 Å². The molecule has 10 nitrogen and oxygen atoms in total. The van der Waals surface area contributed by atoms with Crippen LogP contribution in [0.5, 0.6) is 23.3 Å². The summed E-state index contributed by atoms with van der Waals surface area (Å²) in [4.78, 5) is 5.27. The van der Waals surface area contributed by atoms with Gasteiger partial charge in [-0.2, -0.15) is 0 Å². The molecule has 0 saturated heterocycles. The number of rotatable bonds is 9. The summed E-state index contributed by atoms with van der Waals surface area (Å²) in [7, 11) is 0. The number of aromatic nitrogens is 8. The van der Waals surface area contributed by atoms with Crippen LogP contribution in [0.4, 0.5) is 0 Å². The van der Waals surface area contributed by atoms with Crippen molar-refractivity contribution in [1.29, 1.82) is 0 Å². The van der Waals surface area contributed by atoms with Crippen LogP contribution in [-0.4, -0.2) is 40.4 Å². The summed E-state index contributed by atoms with van der Waals surface area (Å²) < 4.78 is 14.9. The van der Waals surface area contributed by atoms with E-state index in [0.717, 1.165) is 46.4 Å². The molecule has 1 N–H and O–H groups in total. The Bertz CT molecular complexity index is 2090. The number of nitrogens with one attached hydrogen (secondary N) is 1. The van der Waals surface area contributed by atoms with Crippen LogP contribution in [-0.2, 0) is 6.54 Å². The quantitative estimate of drug-likeness (QED) is 0.171. The molecule has 1 aliphatic rings. The molecule has 1 saturated carbocycles. The van der Waals surface area contributed by atoms with Crippen molar-refractivity contribution in [2.45, 2.75) is 44.6 Å². The van der Waals surface area contributed by atoms with Crippen molar-refractivity contribution >= 4 is 11.0 Å². The lowest BCUT2D eigenvalue weighted by molar-refractivity contribution is 0.418. The number of H-pyrrole nitrogens is 1. The monoisotopic (exact) mass is 620 g/mol. The number of imidazole rings is 1. The highest BCUT2D eigenvalue weighted by atomic mass is 16.5. The highest BCUT2D eigenvalue weighted by Gasteiger charge is 2.28. The van der Waals surface area contributed by atoms with Crippen molar-refractivity contribution in [3.8, 4) is 45.8 Å². The van der Waals surface area contributed by atoms with Gasteiger partial charge in [0.25, 0.3) is 11.8 Å². The summed E-state index contributed by atoms with van der Waals surface area (Å²) in [6, 6.07) is 36.0. The summed E-state index contributed by atoms with van der Waals surface area (Å²) in [5.74, 6) is 4.06. The Morgan fingerprint density at radius 2 is 1.30 bits per heavy atom. The number of para-hydroxylation sites is 2. The van der Waals surface area contributed by atoms with Crippen LogP contribution < -0.4 is 9.47 Å². The van der Waals surface area contributed by atoms with E-state index in [9.17, 15) is 0 Å². The second-order valence-corrected chi connectivity index (χ2v) is 11.7. The molecule has 0 atom stereocenters. The molecular weight excluding hydrogens is 588 g/mol. The van der Waals surface area contributed by atoms with Gasteiger partial charge in [-0.1, -0.05) is 104 Å². The highest BCUT2D eigenvalue weighted by molar-refractivity contribution is 5.86. The van der Waals surface area contributed by atoms with Crippen LogP contribution in [0.2, 0.25) is 0 Å². The fraction of sp³-hybridized carbons (Fsp3) is 0.189. The molecule has 0 bridgehead atoms. The molecular formula is C37H32N8O2. The number of hydrogen-bond acceptors (Lipinski definition) is 8. The van der Waals surface area contributed by atoms with Crippen LogP contribution in [0.3, 0.4) is 0 Å². The fourth-order valence-electron chi connectivity index (χ4n) is 6.38. The number of aromatic amines is 1. The Morgan fingerprint density at radius 1 is 0.660 bits per heavy atom. The van der Waals surface area contributed by atoms with E-state index in [1.807, 2.05) is 78.9 Å². The van der Waals surface area contributed by atoms with Gasteiger partial charge in [0, 0.05) is 18.0 Å². The lowest BCUT2D eigenvalue weighted by Crippen LogP contribution is -2.13. The first kappa shape index (κ1) is 28.6. The Balaban J connectivity index is 1.23. The predicted molar refractivity (Wildman–Crippen MR) is 178 cm³/mol. The molecule has 0 unspecified atom stereocenters. The summed E-state index contributed by atoms with van der Waals surface area (Å²) >= 11 is 0. The van der Waals surface area contributed by atoms with E-state index >= 15 is 0 Å². The fourth-order valence-corrected chi connectivity index (χ4v) is 6.38. The maximum atomic E-state index is 6.39. The van der Waals surface area contributed by atoms with E-state index in [1.165, 1.54) is 19.3 Å². The van der Waals surface area contributed by atoms with Crippen LogP contribution in [0.1, 0.15) is 49.4 Å². The molecule has 3 heterocycles. The van der Waals surface area contributed by atoms with Crippen LogP contribution in [0.25, 0.3) is 33.5 Å². The minimum atomic E-state index is 0.312. The van der Waals surface area contributed by atoms with Gasteiger partial charge in [-0.25, -0.2) is 10.1 Å². The molecule has 7 aromatic rings. The molecule has 1 aliphatic carbocycles. The number of hydrogen-bond donors (Lipinski definition) is 1. The lowest BCUT2D eigenvalue weighted by Gasteiger charge is -2.22. The molecule has 0 radical (unpaired) electrons. The Labute approximate surface area is 271 Å². The van der Waals surface area contributed by atoms with E-state index in [2.05, 4.69) is 65.7 Å². The number of fused-ring (bicyclic) bond motifs is 1. The van der Waals surface area contributed by atoms with Gasteiger partial charge in [0.05, 0.1) is 0 Å². The second-order valence-electron chi connectivity index (χ2n) is 11.7. The molecule has 4 aromatic carbocycles. The number of ether oxygens (including phenoxy) is 2. The van der Waals surface area contributed by atoms with E-state index < -0.39 is 0 Å². The first-order chi connectivity index (χ1) is 23.3. The average Bonchev–Trinajstić information content (AvgIpc) is 3.81. The summed E-state index contributed by atoms with van der Waals surface area (Å²) in [6.45, 7) is 0.581. The summed E-state index contributed by atoms with van der Waals surface area (Å²) in [5.41, 5.74) is 5.59. The normalized spacial score (nSPS) is 13.5. The average molecular weight is 621 g/mol. The van der Waals surface area contributed by atoms with Crippen molar-refractivity contribution in [1.82, 2.24) is 40.4 Å². The maximum absolute atomic E-state index is 6.39. The lowest BCUT2D eigenvalue weighted by atomic mass is 9.88. The molecule has 3 aromatic heterocycles. The first-order valence-electron chi connectivity index (χ1n) is 16.0. The van der Waals surface area contributed by atoms with Crippen LogP contribution in [0.15, 0.2) is 109 Å². The SMILES string of the molecule is c1ccc(Oc2nnc(Oc3ccccc3)c3c2nc(C2CCCCC2)n3Cc2ccc(-c3ccccc3-c3nnn[nH]3)cc2)cc1. The third-order valence-corrected chi connectivity index (χ3v) is 8.65. The Kier molecular flexibility index (Phi) is 7.80. The molecule has 0 spiro atoms. The van der Waals surface area contributed by atoms with E-state index in [1.54, 1.807) is 0 Å². The zero-order valence-corrected chi connectivity index (χ0v) is 25.7. The van der Waals surface area contributed by atoms with Gasteiger partial charge in [0.1, 0.15) is 22.8 Å². The zero-order chi connectivity index (χ0) is 31.4. The first-order valence-corrected chi connectivity index (χ1v) is 16.0. The Morgan fingerprint density at radius 3 is 1.98 bits per heavy atom. The van der Waals surface area contributed by atoms with Crippen molar-refractivity contribution in [3.05, 3.63) is 121 Å². The van der Waals surface area contributed by atoms with Crippen LogP contribution in [0, 0.1) is 0 Å². The molecule has 1 fully saturated rings. The third kappa shape index (κ3) is 5.93. The topological polar surface area (TPSA) is 117 Å². The van der Waals surface area contributed by atoms with Gasteiger partial charge < -0.3 is 14.0 Å². The molecule has 0 amide bonds. The zero-order valence-electron chi connectivity index (χ0n) is 25.7. The second kappa shape index (κ2) is 12.8. The standard InChI is InChI=1S/C37H32N8O2/c1-4-12-27(13-5-1)35-38-32-33(37(47-29-16-8-3-9-17-29)42-41-36(32)46-28-14-6-2-7-15-28)45(35)24-25-20-22-26(23-21-25)30-18-10-11-19-31(30)34-39-43-44-40-34/h2-3,6-11,14-23,27H,1,4-5,12-13,24H2,(H,39,40,43,44). The maximum Gasteiger partial charge on any atom is 0.267 e. The van der Waals surface area contributed by atoms with E-state index in [0.29, 0.717) is 47.1 Å². The van der Waals surface area contributed by atoms with Gasteiger partial charge in [-0.15, -0.1) is 15.3 Å². The minimum absolute atomic E-state index is 0.312. The predicted octanol–water partition coefficient (Wildman–Crippen LogP) is 8.35.